The molecule has 1 aromatic carbocycles. The summed E-state index contributed by atoms with van der Waals surface area (Å²) in [5, 5.41) is 5.44. The molecule has 2 aromatic heterocycles. The van der Waals surface area contributed by atoms with Gasteiger partial charge in [-0.2, -0.15) is 5.10 Å². The van der Waals surface area contributed by atoms with E-state index in [4.69, 9.17) is 51.1 Å². The Morgan fingerprint density at radius 2 is 1.96 bits per heavy atom. The van der Waals surface area contributed by atoms with E-state index < -0.39 is 5.97 Å². The van der Waals surface area contributed by atoms with Crippen molar-refractivity contribution in [3.63, 3.8) is 0 Å². The Kier molecular flexibility index (Phi) is 5.39. The van der Waals surface area contributed by atoms with Crippen LogP contribution in [0.4, 0.5) is 0 Å². The molecule has 0 aliphatic carbocycles. The van der Waals surface area contributed by atoms with Crippen LogP contribution in [0.25, 0.3) is 5.65 Å². The van der Waals surface area contributed by atoms with Crippen LogP contribution in [0.15, 0.2) is 24.4 Å². The van der Waals surface area contributed by atoms with Crippen molar-refractivity contribution in [1.82, 2.24) is 14.6 Å². The maximum absolute atomic E-state index is 12.0. The Labute approximate surface area is 163 Å². The van der Waals surface area contributed by atoms with Gasteiger partial charge in [0.25, 0.3) is 0 Å². The van der Waals surface area contributed by atoms with E-state index in [9.17, 15) is 4.79 Å². The fourth-order valence-corrected chi connectivity index (χ4v) is 3.20. The summed E-state index contributed by atoms with van der Waals surface area (Å²) in [6.45, 7) is 1.96. The molecule has 3 rings (SSSR count). The van der Waals surface area contributed by atoms with Crippen LogP contribution in [-0.4, -0.2) is 27.2 Å². The molecule has 0 bridgehead atoms. The van der Waals surface area contributed by atoms with Crippen molar-refractivity contribution in [2.45, 2.75) is 13.3 Å². The molecule has 0 saturated carbocycles. The first-order valence-corrected chi connectivity index (χ1v) is 8.76. The fourth-order valence-electron chi connectivity index (χ4n) is 2.32. The van der Waals surface area contributed by atoms with Gasteiger partial charge in [-0.3, -0.25) is 0 Å². The SMILES string of the molecule is CCOC(=O)c1cnn2c(Cl)c(Cc3ccc(Cl)c(Cl)c3)c(Cl)nc12. The molecular formula is C16H11Cl4N3O2. The standard InChI is InChI=1S/C16H11Cl4N3O2/c1-2-25-16(24)10-7-21-23-14(20)9(13(19)22-15(10)23)5-8-3-4-11(17)12(18)6-8/h3-4,6-7H,2,5H2,1H3. The molecule has 0 unspecified atom stereocenters. The number of ether oxygens (including phenoxy) is 1. The Hall–Kier alpha value is -1.53. The molecule has 0 aliphatic rings. The molecule has 2 heterocycles. The van der Waals surface area contributed by atoms with Crippen molar-refractivity contribution in [2.75, 3.05) is 6.61 Å². The lowest BCUT2D eigenvalue weighted by Crippen LogP contribution is -2.06. The van der Waals surface area contributed by atoms with E-state index in [2.05, 4.69) is 10.1 Å². The van der Waals surface area contributed by atoms with Crippen molar-refractivity contribution in [3.05, 3.63) is 61.4 Å². The zero-order valence-electron chi connectivity index (χ0n) is 12.9. The summed E-state index contributed by atoms with van der Waals surface area (Å²) >= 11 is 24.7. The van der Waals surface area contributed by atoms with Gasteiger partial charge in [-0.15, -0.1) is 0 Å². The zero-order chi connectivity index (χ0) is 18.1. The normalized spacial score (nSPS) is 11.1. The molecule has 0 N–H and O–H groups in total. The van der Waals surface area contributed by atoms with Gasteiger partial charge in [0.1, 0.15) is 15.9 Å². The molecule has 5 nitrogen and oxygen atoms in total. The number of halogens is 4. The van der Waals surface area contributed by atoms with E-state index in [-0.39, 0.29) is 28.1 Å². The van der Waals surface area contributed by atoms with Gasteiger partial charge in [-0.05, 0) is 24.6 Å². The summed E-state index contributed by atoms with van der Waals surface area (Å²) < 4.78 is 6.33. The van der Waals surface area contributed by atoms with Gasteiger partial charge in [-0.1, -0.05) is 52.5 Å². The lowest BCUT2D eigenvalue weighted by atomic mass is 10.1. The Balaban J connectivity index is 2.05. The predicted octanol–water partition coefficient (Wildman–Crippen LogP) is 5.11. The van der Waals surface area contributed by atoms with Gasteiger partial charge in [0.15, 0.2) is 5.65 Å². The first-order chi connectivity index (χ1) is 11.9. The molecule has 25 heavy (non-hydrogen) atoms. The Bertz CT molecular complexity index is 972. The highest BCUT2D eigenvalue weighted by molar-refractivity contribution is 6.42. The number of esters is 1. The van der Waals surface area contributed by atoms with Crippen molar-refractivity contribution >= 4 is 58.0 Å². The number of rotatable bonds is 4. The molecule has 3 aromatic rings. The molecule has 9 heteroatoms. The minimum atomic E-state index is -0.533. The van der Waals surface area contributed by atoms with Crippen molar-refractivity contribution in [1.29, 1.82) is 0 Å². The van der Waals surface area contributed by atoms with E-state index in [1.165, 1.54) is 10.7 Å². The molecule has 0 aliphatic heterocycles. The third-order valence-electron chi connectivity index (χ3n) is 3.49. The minimum Gasteiger partial charge on any atom is -0.462 e. The van der Waals surface area contributed by atoms with Crippen molar-refractivity contribution < 1.29 is 9.53 Å². The number of carbonyl (C=O) groups excluding carboxylic acids is 1. The van der Waals surface area contributed by atoms with Gasteiger partial charge in [0.2, 0.25) is 0 Å². The molecule has 0 radical (unpaired) electrons. The molecule has 0 atom stereocenters. The maximum Gasteiger partial charge on any atom is 0.343 e. The molecule has 130 valence electrons. The topological polar surface area (TPSA) is 56.5 Å². The van der Waals surface area contributed by atoms with Gasteiger partial charge in [-0.25, -0.2) is 14.3 Å². The number of benzene rings is 1. The molecular weight excluding hydrogens is 408 g/mol. The van der Waals surface area contributed by atoms with Crippen LogP contribution in [-0.2, 0) is 11.2 Å². The minimum absolute atomic E-state index is 0.176. The highest BCUT2D eigenvalue weighted by atomic mass is 35.5. The number of aromatic nitrogens is 3. The third kappa shape index (κ3) is 3.55. The van der Waals surface area contributed by atoms with E-state index in [1.54, 1.807) is 19.1 Å². The summed E-state index contributed by atoms with van der Waals surface area (Å²) in [6.07, 6.45) is 1.73. The highest BCUT2D eigenvalue weighted by Gasteiger charge is 2.21. The van der Waals surface area contributed by atoms with E-state index in [0.29, 0.717) is 22.0 Å². The first kappa shape index (κ1) is 18.3. The van der Waals surface area contributed by atoms with Crippen LogP contribution in [0.1, 0.15) is 28.4 Å². The Morgan fingerprint density at radius 3 is 2.64 bits per heavy atom. The molecule has 0 saturated heterocycles. The Morgan fingerprint density at radius 1 is 1.20 bits per heavy atom. The van der Waals surface area contributed by atoms with Gasteiger partial charge < -0.3 is 4.74 Å². The van der Waals surface area contributed by atoms with Gasteiger partial charge in [0, 0.05) is 12.0 Å². The first-order valence-electron chi connectivity index (χ1n) is 7.25. The second kappa shape index (κ2) is 7.38. The van der Waals surface area contributed by atoms with E-state index >= 15 is 0 Å². The number of fused-ring (bicyclic) bond motifs is 1. The average Bonchev–Trinajstić information content (AvgIpc) is 2.99. The highest BCUT2D eigenvalue weighted by Crippen LogP contribution is 2.30. The molecule has 0 spiro atoms. The second-order valence-electron chi connectivity index (χ2n) is 5.11. The van der Waals surface area contributed by atoms with E-state index in [0.717, 1.165) is 5.56 Å². The van der Waals surface area contributed by atoms with Crippen LogP contribution < -0.4 is 0 Å². The monoisotopic (exact) mass is 417 g/mol. The second-order valence-corrected chi connectivity index (χ2v) is 6.64. The molecule has 0 fully saturated rings. The lowest BCUT2D eigenvalue weighted by Gasteiger charge is -2.09. The summed E-state index contributed by atoms with van der Waals surface area (Å²) in [7, 11) is 0. The van der Waals surface area contributed by atoms with Crippen LogP contribution in [0, 0.1) is 0 Å². The van der Waals surface area contributed by atoms with Gasteiger partial charge >= 0.3 is 5.97 Å². The number of hydrogen-bond acceptors (Lipinski definition) is 4. The number of nitrogens with zero attached hydrogens (tertiary/aromatic N) is 3. The summed E-state index contributed by atoms with van der Waals surface area (Å²) in [5.74, 6) is -0.533. The van der Waals surface area contributed by atoms with Crippen molar-refractivity contribution in [3.8, 4) is 0 Å². The molecule has 0 amide bonds. The lowest BCUT2D eigenvalue weighted by molar-refractivity contribution is 0.0528. The van der Waals surface area contributed by atoms with Gasteiger partial charge in [0.05, 0.1) is 22.8 Å². The van der Waals surface area contributed by atoms with Crippen LogP contribution >= 0.6 is 46.4 Å². The van der Waals surface area contributed by atoms with Crippen LogP contribution in [0.2, 0.25) is 20.4 Å². The zero-order valence-corrected chi connectivity index (χ0v) is 15.9. The summed E-state index contributed by atoms with van der Waals surface area (Å²) in [5.41, 5.74) is 1.86. The van der Waals surface area contributed by atoms with Crippen LogP contribution in [0.3, 0.4) is 0 Å². The maximum atomic E-state index is 12.0. The van der Waals surface area contributed by atoms with Crippen LogP contribution in [0.5, 0.6) is 0 Å². The quantitative estimate of drug-likeness (QED) is 0.436. The summed E-state index contributed by atoms with van der Waals surface area (Å²) in [6, 6.07) is 5.24. The van der Waals surface area contributed by atoms with Crippen molar-refractivity contribution in [2.24, 2.45) is 0 Å². The third-order valence-corrected chi connectivity index (χ3v) is 4.93. The number of carbonyl (C=O) groups is 1. The number of hydrogen-bond donors (Lipinski definition) is 0. The summed E-state index contributed by atoms with van der Waals surface area (Å²) in [4.78, 5) is 16.2. The average molecular weight is 419 g/mol. The van der Waals surface area contributed by atoms with E-state index in [1.807, 2.05) is 6.07 Å². The fraction of sp³-hybridized carbons (Fsp3) is 0.188. The predicted molar refractivity (Wildman–Crippen MR) is 98.2 cm³/mol. The smallest absolute Gasteiger partial charge is 0.343 e. The largest absolute Gasteiger partial charge is 0.462 e.